The molecule has 0 radical (unpaired) electrons. The van der Waals surface area contributed by atoms with Crippen molar-refractivity contribution in [2.45, 2.75) is 20.1 Å². The molecule has 4 N–H and O–H groups in total. The van der Waals surface area contributed by atoms with Crippen molar-refractivity contribution < 1.29 is 10.2 Å². The van der Waals surface area contributed by atoms with Crippen LogP contribution in [0.3, 0.4) is 0 Å². The predicted octanol–water partition coefficient (Wildman–Crippen LogP) is 0.625. The summed E-state index contributed by atoms with van der Waals surface area (Å²) >= 11 is 0. The number of aliphatic hydroxyl groups excluding tert-OH is 1. The minimum atomic E-state index is -0.145. The highest BCUT2D eigenvalue weighted by Crippen LogP contribution is 2.22. The number of nitrogens with zero attached hydrogens (tertiary/aromatic N) is 1. The van der Waals surface area contributed by atoms with Gasteiger partial charge in [0.05, 0.1) is 12.3 Å². The summed E-state index contributed by atoms with van der Waals surface area (Å²) < 4.78 is 0. The molecule has 13 heavy (non-hydrogen) atoms. The Kier molecular flexibility index (Phi) is 4.90. The zero-order chi connectivity index (χ0) is 9.14. The number of rotatable bonds is 2. The number of hydrogen-bond donors (Lipinski definition) is 3. The second-order valence-electron chi connectivity index (χ2n) is 2.56. The Bertz CT molecular complexity index is 292. The number of aromatic hydroxyl groups is 1. The maximum atomic E-state index is 9.46. The first-order chi connectivity index (χ1) is 5.70. The lowest BCUT2D eigenvalue weighted by Crippen LogP contribution is -2.04. The molecule has 1 aromatic rings. The summed E-state index contributed by atoms with van der Waals surface area (Å²) in [5, 5.41) is 18.3. The highest BCUT2D eigenvalue weighted by Gasteiger charge is 2.08. The van der Waals surface area contributed by atoms with E-state index in [-0.39, 0.29) is 35.9 Å². The van der Waals surface area contributed by atoms with E-state index in [1.165, 1.54) is 6.20 Å². The third-order valence-corrected chi connectivity index (χ3v) is 1.80. The lowest BCUT2D eigenvalue weighted by molar-refractivity contribution is 0.279. The van der Waals surface area contributed by atoms with Gasteiger partial charge < -0.3 is 15.9 Å². The van der Waals surface area contributed by atoms with Gasteiger partial charge in [-0.05, 0) is 6.92 Å². The van der Waals surface area contributed by atoms with Crippen molar-refractivity contribution in [3.05, 3.63) is 23.0 Å². The largest absolute Gasteiger partial charge is 0.506 e. The van der Waals surface area contributed by atoms with Gasteiger partial charge in [0.15, 0.2) is 0 Å². The van der Waals surface area contributed by atoms with Crippen LogP contribution in [0.5, 0.6) is 5.75 Å². The lowest BCUT2D eigenvalue weighted by Gasteiger charge is -2.08. The zero-order valence-corrected chi connectivity index (χ0v) is 9.03. The van der Waals surface area contributed by atoms with Crippen LogP contribution < -0.4 is 5.73 Å². The first-order valence-electron chi connectivity index (χ1n) is 3.68. The number of aliphatic hydroxyl groups is 1. The Morgan fingerprint density at radius 1 is 1.54 bits per heavy atom. The first kappa shape index (κ1) is 12.3. The molecule has 0 aromatic carbocycles. The molecule has 0 aliphatic carbocycles. The monoisotopic (exact) mass is 248 g/mol. The van der Waals surface area contributed by atoms with Gasteiger partial charge in [0.1, 0.15) is 5.75 Å². The summed E-state index contributed by atoms with van der Waals surface area (Å²) in [6.07, 6.45) is 1.53. The fourth-order valence-electron chi connectivity index (χ4n) is 1.05. The quantitative estimate of drug-likeness (QED) is 0.718. The van der Waals surface area contributed by atoms with E-state index in [2.05, 4.69) is 4.98 Å². The molecular formula is C8H13BrN2O2. The minimum absolute atomic E-state index is 0. The molecule has 0 spiro atoms. The average Bonchev–Trinajstić information content (AvgIpc) is 2.09. The molecule has 1 aromatic heterocycles. The Hall–Kier alpha value is -0.650. The van der Waals surface area contributed by atoms with E-state index >= 15 is 0 Å². The van der Waals surface area contributed by atoms with Gasteiger partial charge in [-0.15, -0.1) is 17.0 Å². The maximum Gasteiger partial charge on any atom is 0.141 e. The van der Waals surface area contributed by atoms with Gasteiger partial charge in [-0.25, -0.2) is 0 Å². The van der Waals surface area contributed by atoms with Crippen LogP contribution in [0.25, 0.3) is 0 Å². The normalized spacial score (nSPS) is 9.46. The predicted molar refractivity (Wildman–Crippen MR) is 54.8 cm³/mol. The van der Waals surface area contributed by atoms with E-state index in [9.17, 15) is 5.11 Å². The second-order valence-corrected chi connectivity index (χ2v) is 2.56. The van der Waals surface area contributed by atoms with Gasteiger partial charge in [-0.2, -0.15) is 0 Å². The van der Waals surface area contributed by atoms with Crippen LogP contribution in [0.15, 0.2) is 6.20 Å². The fraction of sp³-hybridized carbons (Fsp3) is 0.375. The molecular weight excluding hydrogens is 236 g/mol. The van der Waals surface area contributed by atoms with Crippen molar-refractivity contribution in [2.75, 3.05) is 0 Å². The molecule has 4 nitrogen and oxygen atoms in total. The average molecular weight is 249 g/mol. The van der Waals surface area contributed by atoms with E-state index in [4.69, 9.17) is 10.8 Å². The maximum absolute atomic E-state index is 9.46. The van der Waals surface area contributed by atoms with Crippen LogP contribution in [0.2, 0.25) is 0 Å². The van der Waals surface area contributed by atoms with Crippen molar-refractivity contribution >= 4 is 17.0 Å². The van der Waals surface area contributed by atoms with Gasteiger partial charge in [-0.3, -0.25) is 4.98 Å². The molecule has 0 atom stereocenters. The molecule has 74 valence electrons. The molecule has 0 amide bonds. The van der Waals surface area contributed by atoms with Crippen molar-refractivity contribution in [3.63, 3.8) is 0 Å². The molecule has 0 fully saturated rings. The van der Waals surface area contributed by atoms with Crippen LogP contribution in [-0.2, 0) is 13.2 Å². The number of aromatic nitrogens is 1. The van der Waals surface area contributed by atoms with Crippen molar-refractivity contribution in [1.29, 1.82) is 0 Å². The number of pyridine rings is 1. The Labute approximate surface area is 87.2 Å². The summed E-state index contributed by atoms with van der Waals surface area (Å²) in [5.74, 6) is 0.0871. The fourth-order valence-corrected chi connectivity index (χ4v) is 1.05. The molecule has 0 aliphatic heterocycles. The highest BCUT2D eigenvalue weighted by atomic mass is 79.9. The molecule has 0 unspecified atom stereocenters. The third kappa shape index (κ3) is 2.40. The van der Waals surface area contributed by atoms with Gasteiger partial charge >= 0.3 is 0 Å². The summed E-state index contributed by atoms with van der Waals surface area (Å²) in [4.78, 5) is 3.89. The molecule has 1 heterocycles. The van der Waals surface area contributed by atoms with Gasteiger partial charge in [0.25, 0.3) is 0 Å². The topological polar surface area (TPSA) is 79.4 Å². The van der Waals surface area contributed by atoms with Crippen LogP contribution >= 0.6 is 17.0 Å². The number of nitrogens with two attached hydrogens (primary N) is 1. The standard InChI is InChI=1S/C8H12N2O2.BrH/c1-5-8(12)7(2-9)6(4-11)3-10-5;/h3,11-12H,2,4,9H2,1H3;1H. The zero-order valence-electron chi connectivity index (χ0n) is 7.32. The first-order valence-corrected chi connectivity index (χ1v) is 3.68. The van der Waals surface area contributed by atoms with Crippen LogP contribution in [0.4, 0.5) is 0 Å². The van der Waals surface area contributed by atoms with Crippen LogP contribution in [-0.4, -0.2) is 15.2 Å². The summed E-state index contributed by atoms with van der Waals surface area (Å²) in [7, 11) is 0. The molecule has 0 saturated carbocycles. The van der Waals surface area contributed by atoms with Gasteiger partial charge in [-0.1, -0.05) is 0 Å². The SMILES string of the molecule is Br.Cc1ncc(CO)c(CN)c1O. The lowest BCUT2D eigenvalue weighted by atomic mass is 10.1. The molecule has 0 bridgehead atoms. The third-order valence-electron chi connectivity index (χ3n) is 1.80. The molecule has 0 saturated heterocycles. The summed E-state index contributed by atoms with van der Waals surface area (Å²) in [6.45, 7) is 1.76. The number of aryl methyl sites for hydroxylation is 1. The van der Waals surface area contributed by atoms with Crippen molar-refractivity contribution in [3.8, 4) is 5.75 Å². The van der Waals surface area contributed by atoms with Crippen molar-refractivity contribution in [1.82, 2.24) is 4.98 Å². The van der Waals surface area contributed by atoms with E-state index < -0.39 is 0 Å². The van der Waals surface area contributed by atoms with Crippen LogP contribution in [0, 0.1) is 6.92 Å². The summed E-state index contributed by atoms with van der Waals surface area (Å²) in [6, 6.07) is 0. The van der Waals surface area contributed by atoms with Crippen LogP contribution in [0.1, 0.15) is 16.8 Å². The highest BCUT2D eigenvalue weighted by molar-refractivity contribution is 8.93. The Balaban J connectivity index is 0.00000144. The Morgan fingerprint density at radius 3 is 2.62 bits per heavy atom. The molecule has 0 aliphatic rings. The van der Waals surface area contributed by atoms with E-state index in [0.29, 0.717) is 16.8 Å². The van der Waals surface area contributed by atoms with E-state index in [0.717, 1.165) is 0 Å². The molecule has 5 heteroatoms. The van der Waals surface area contributed by atoms with Crippen molar-refractivity contribution in [2.24, 2.45) is 5.73 Å². The number of halogens is 1. The van der Waals surface area contributed by atoms with Gasteiger partial charge in [0, 0.05) is 23.9 Å². The number of hydrogen-bond acceptors (Lipinski definition) is 4. The Morgan fingerprint density at radius 2 is 2.15 bits per heavy atom. The van der Waals surface area contributed by atoms with E-state index in [1.54, 1.807) is 6.92 Å². The van der Waals surface area contributed by atoms with E-state index in [1.807, 2.05) is 0 Å². The summed E-state index contributed by atoms with van der Waals surface area (Å²) in [5.41, 5.74) is 7.09. The smallest absolute Gasteiger partial charge is 0.141 e. The molecule has 1 rings (SSSR count). The second kappa shape index (κ2) is 5.16. The minimum Gasteiger partial charge on any atom is -0.506 e. The van der Waals surface area contributed by atoms with Gasteiger partial charge in [0.2, 0.25) is 0 Å².